The van der Waals surface area contributed by atoms with Crippen LogP contribution in [0.1, 0.15) is 10.4 Å². The van der Waals surface area contributed by atoms with Gasteiger partial charge in [0.05, 0.1) is 24.5 Å². The number of hydrogen-bond donors (Lipinski definition) is 1. The Bertz CT molecular complexity index is 749. The van der Waals surface area contributed by atoms with E-state index >= 15 is 0 Å². The number of nitrogens with two attached hydrogens (primary N) is 1. The van der Waals surface area contributed by atoms with Crippen LogP contribution in [0.3, 0.4) is 0 Å². The summed E-state index contributed by atoms with van der Waals surface area (Å²) in [5, 5.41) is 19.0. The van der Waals surface area contributed by atoms with Crippen molar-refractivity contribution in [2.24, 2.45) is 0 Å². The first kappa shape index (κ1) is 12.7. The van der Waals surface area contributed by atoms with Crippen LogP contribution in [-0.2, 0) is 4.74 Å². The van der Waals surface area contributed by atoms with Crippen LogP contribution in [0.2, 0.25) is 0 Å². The molecular formula is C13H11N5OS. The number of pyridine rings is 1. The summed E-state index contributed by atoms with van der Waals surface area (Å²) in [6, 6.07) is 5.94. The molecule has 20 heavy (non-hydrogen) atoms. The molecule has 1 aliphatic heterocycles. The third-order valence-corrected chi connectivity index (χ3v) is 4.25. The van der Waals surface area contributed by atoms with Gasteiger partial charge in [0.15, 0.2) is 0 Å². The zero-order valence-electron chi connectivity index (χ0n) is 10.6. The van der Waals surface area contributed by atoms with Crippen LogP contribution in [0, 0.1) is 22.7 Å². The van der Waals surface area contributed by atoms with Crippen LogP contribution in [0.4, 0.5) is 11.5 Å². The van der Waals surface area contributed by atoms with E-state index in [-0.39, 0.29) is 0 Å². The van der Waals surface area contributed by atoms with E-state index in [0.29, 0.717) is 58.5 Å². The van der Waals surface area contributed by atoms with E-state index < -0.39 is 0 Å². The molecule has 3 rings (SSSR count). The summed E-state index contributed by atoms with van der Waals surface area (Å²) >= 11 is 1.26. The van der Waals surface area contributed by atoms with E-state index in [0.717, 1.165) is 0 Å². The quantitative estimate of drug-likeness (QED) is 0.851. The van der Waals surface area contributed by atoms with Gasteiger partial charge in [-0.25, -0.2) is 4.98 Å². The van der Waals surface area contributed by atoms with E-state index in [2.05, 4.69) is 17.1 Å². The van der Waals surface area contributed by atoms with Gasteiger partial charge in [0.2, 0.25) is 0 Å². The van der Waals surface area contributed by atoms with Gasteiger partial charge in [-0.3, -0.25) is 0 Å². The fourth-order valence-electron chi connectivity index (χ4n) is 2.21. The highest BCUT2D eigenvalue weighted by Gasteiger charge is 2.20. The van der Waals surface area contributed by atoms with E-state index in [4.69, 9.17) is 15.7 Å². The first-order valence-corrected chi connectivity index (χ1v) is 6.92. The largest absolute Gasteiger partial charge is 0.396 e. The topological polar surface area (TPSA) is 99.0 Å². The molecule has 0 amide bonds. The molecule has 0 atom stereocenters. The highest BCUT2D eigenvalue weighted by Crippen LogP contribution is 2.35. The van der Waals surface area contributed by atoms with Crippen LogP contribution in [0.5, 0.6) is 0 Å². The van der Waals surface area contributed by atoms with Gasteiger partial charge < -0.3 is 15.4 Å². The molecule has 2 N–H and O–H groups in total. The van der Waals surface area contributed by atoms with Gasteiger partial charge in [0.25, 0.3) is 0 Å². The van der Waals surface area contributed by atoms with Crippen LogP contribution in [0.25, 0.3) is 10.2 Å². The molecule has 0 saturated carbocycles. The lowest BCUT2D eigenvalue weighted by Crippen LogP contribution is -2.37. The summed E-state index contributed by atoms with van der Waals surface area (Å²) < 4.78 is 5.31. The number of hydrogen-bond acceptors (Lipinski definition) is 7. The lowest BCUT2D eigenvalue weighted by Gasteiger charge is -2.28. The Morgan fingerprint density at radius 1 is 1.30 bits per heavy atom. The maximum Gasteiger partial charge on any atom is 0.148 e. The predicted octanol–water partition coefficient (Wildman–Crippen LogP) is 1.46. The molecule has 0 spiro atoms. The van der Waals surface area contributed by atoms with Crippen molar-refractivity contribution in [3.8, 4) is 12.1 Å². The first-order chi connectivity index (χ1) is 9.74. The van der Waals surface area contributed by atoms with Crippen molar-refractivity contribution in [3.63, 3.8) is 0 Å². The lowest BCUT2D eigenvalue weighted by atomic mass is 10.2. The van der Waals surface area contributed by atoms with Crippen molar-refractivity contribution in [1.82, 2.24) is 4.98 Å². The Hall–Kier alpha value is -2.35. The second-order valence-corrected chi connectivity index (χ2v) is 5.38. The molecule has 0 bridgehead atoms. The number of nitrogen functional groups attached to an aromatic ring is 1. The average molecular weight is 285 g/mol. The Balaban J connectivity index is 2.17. The Labute approximate surface area is 119 Å². The van der Waals surface area contributed by atoms with Gasteiger partial charge in [-0.1, -0.05) is 0 Å². The SMILES string of the molecule is N#Cc1cc2c(N)c(C#N)sc2nc1N1CCOCC1. The van der Waals surface area contributed by atoms with Crippen LogP contribution >= 0.6 is 11.3 Å². The van der Waals surface area contributed by atoms with Gasteiger partial charge in [-0.15, -0.1) is 11.3 Å². The molecule has 3 heterocycles. The Kier molecular flexibility index (Phi) is 3.15. The van der Waals surface area contributed by atoms with Crippen molar-refractivity contribution < 1.29 is 4.74 Å². The number of ether oxygens (including phenoxy) is 1. The summed E-state index contributed by atoms with van der Waals surface area (Å²) in [6.07, 6.45) is 0. The highest BCUT2D eigenvalue weighted by atomic mass is 32.1. The van der Waals surface area contributed by atoms with Crippen LogP contribution < -0.4 is 10.6 Å². The second kappa shape index (κ2) is 4.97. The zero-order chi connectivity index (χ0) is 14.1. The van der Waals surface area contributed by atoms with Crippen molar-refractivity contribution in [1.29, 1.82) is 10.5 Å². The van der Waals surface area contributed by atoms with Gasteiger partial charge in [0, 0.05) is 18.5 Å². The number of rotatable bonds is 1. The third-order valence-electron chi connectivity index (χ3n) is 3.23. The maximum absolute atomic E-state index is 9.31. The minimum Gasteiger partial charge on any atom is -0.396 e. The molecule has 7 heteroatoms. The number of anilines is 2. The Morgan fingerprint density at radius 3 is 2.70 bits per heavy atom. The molecule has 0 unspecified atom stereocenters. The molecule has 100 valence electrons. The van der Waals surface area contributed by atoms with Gasteiger partial charge in [0.1, 0.15) is 27.7 Å². The van der Waals surface area contributed by atoms with E-state index in [1.165, 1.54) is 11.3 Å². The standard InChI is InChI=1S/C13H11N5OS/c14-6-8-5-9-11(16)10(7-15)20-13(9)17-12(8)18-1-3-19-4-2-18/h5H,1-4,16H2. The van der Waals surface area contributed by atoms with Crippen molar-refractivity contribution in [2.45, 2.75) is 0 Å². The van der Waals surface area contributed by atoms with E-state index in [1.54, 1.807) is 6.07 Å². The molecule has 1 aliphatic rings. The van der Waals surface area contributed by atoms with Crippen LogP contribution in [-0.4, -0.2) is 31.3 Å². The van der Waals surface area contributed by atoms with Crippen molar-refractivity contribution in [2.75, 3.05) is 36.9 Å². The molecule has 1 saturated heterocycles. The Morgan fingerprint density at radius 2 is 2.05 bits per heavy atom. The summed E-state index contributed by atoms with van der Waals surface area (Å²) in [6.45, 7) is 2.67. The average Bonchev–Trinajstić information content (AvgIpc) is 2.82. The molecule has 2 aromatic heterocycles. The van der Waals surface area contributed by atoms with Gasteiger partial charge in [-0.2, -0.15) is 10.5 Å². The maximum atomic E-state index is 9.31. The number of fused-ring (bicyclic) bond motifs is 1. The summed E-state index contributed by atoms with van der Waals surface area (Å²) in [5.74, 6) is 0.647. The monoisotopic (exact) mass is 285 g/mol. The third kappa shape index (κ3) is 1.94. The first-order valence-electron chi connectivity index (χ1n) is 6.10. The smallest absolute Gasteiger partial charge is 0.148 e. The van der Waals surface area contributed by atoms with Gasteiger partial charge >= 0.3 is 0 Å². The summed E-state index contributed by atoms with van der Waals surface area (Å²) in [5.41, 5.74) is 6.79. The minimum absolute atomic E-state index is 0.407. The normalized spacial score (nSPS) is 15.0. The fourth-order valence-corrected chi connectivity index (χ4v) is 3.08. The second-order valence-electron chi connectivity index (χ2n) is 4.38. The molecule has 1 fully saturated rings. The molecule has 0 aliphatic carbocycles. The number of aromatic nitrogens is 1. The lowest BCUT2D eigenvalue weighted by molar-refractivity contribution is 0.122. The number of morpholine rings is 1. The number of nitrogens with zero attached hydrogens (tertiary/aromatic N) is 4. The van der Waals surface area contributed by atoms with E-state index in [9.17, 15) is 5.26 Å². The number of nitriles is 2. The minimum atomic E-state index is 0.407. The van der Waals surface area contributed by atoms with Gasteiger partial charge in [-0.05, 0) is 6.07 Å². The molecule has 6 nitrogen and oxygen atoms in total. The zero-order valence-corrected chi connectivity index (χ0v) is 11.4. The molecule has 0 radical (unpaired) electrons. The number of thiophene rings is 1. The summed E-state index contributed by atoms with van der Waals surface area (Å²) in [4.78, 5) is 7.70. The highest BCUT2D eigenvalue weighted by molar-refractivity contribution is 7.19. The summed E-state index contributed by atoms with van der Waals surface area (Å²) in [7, 11) is 0. The molecule has 0 aromatic carbocycles. The molecule has 2 aromatic rings. The fraction of sp³-hybridized carbons (Fsp3) is 0.308. The van der Waals surface area contributed by atoms with Crippen molar-refractivity contribution in [3.05, 3.63) is 16.5 Å². The predicted molar refractivity (Wildman–Crippen MR) is 76.5 cm³/mol. The van der Waals surface area contributed by atoms with E-state index in [1.807, 2.05) is 4.90 Å². The van der Waals surface area contributed by atoms with Crippen molar-refractivity contribution >= 4 is 33.1 Å². The molecular weight excluding hydrogens is 274 g/mol. The van der Waals surface area contributed by atoms with Crippen LogP contribution in [0.15, 0.2) is 6.07 Å².